The minimum atomic E-state index is -0.879. The van der Waals surface area contributed by atoms with Crippen LogP contribution in [0, 0.1) is 0 Å². The Bertz CT molecular complexity index is 500. The predicted molar refractivity (Wildman–Crippen MR) is 87.6 cm³/mol. The summed E-state index contributed by atoms with van der Waals surface area (Å²) < 4.78 is 5.42. The lowest BCUT2D eigenvalue weighted by Gasteiger charge is -2.30. The third-order valence-electron chi connectivity index (χ3n) is 4.52. The molecular formula is C17H28N2O5. The summed E-state index contributed by atoms with van der Waals surface area (Å²) >= 11 is 0. The molecule has 0 aromatic heterocycles. The van der Waals surface area contributed by atoms with Crippen molar-refractivity contribution in [3.63, 3.8) is 0 Å². The van der Waals surface area contributed by atoms with Crippen LogP contribution in [-0.2, 0) is 14.3 Å². The summed E-state index contributed by atoms with van der Waals surface area (Å²) in [5.41, 5.74) is -0.560. The standard InChI is InChI=1S/C17H28N2O5/c1-17(2,3)24-16(23)19-9-5-6-12(19)10-14(20)18-8-4-7-13(18)11-15(21)22/h12-13H,4-11H2,1-3H3,(H,21,22)/t12-,13+/m0/s1. The second-order valence-corrected chi connectivity index (χ2v) is 7.65. The van der Waals surface area contributed by atoms with Crippen molar-refractivity contribution in [3.05, 3.63) is 0 Å². The maximum Gasteiger partial charge on any atom is 0.410 e. The number of ether oxygens (including phenoxy) is 1. The highest BCUT2D eigenvalue weighted by Gasteiger charge is 2.36. The van der Waals surface area contributed by atoms with E-state index in [9.17, 15) is 14.4 Å². The topological polar surface area (TPSA) is 87.2 Å². The van der Waals surface area contributed by atoms with Crippen LogP contribution in [0.4, 0.5) is 4.79 Å². The molecule has 2 aliphatic heterocycles. The fourth-order valence-corrected chi connectivity index (χ4v) is 3.51. The van der Waals surface area contributed by atoms with Gasteiger partial charge >= 0.3 is 12.1 Å². The second kappa shape index (κ2) is 7.40. The van der Waals surface area contributed by atoms with Gasteiger partial charge in [0.05, 0.1) is 6.42 Å². The Labute approximate surface area is 142 Å². The van der Waals surface area contributed by atoms with E-state index in [-0.39, 0.29) is 36.9 Å². The van der Waals surface area contributed by atoms with Crippen LogP contribution in [-0.4, -0.2) is 63.7 Å². The molecule has 0 spiro atoms. The van der Waals surface area contributed by atoms with Crippen LogP contribution in [0.1, 0.15) is 59.3 Å². The zero-order valence-electron chi connectivity index (χ0n) is 14.8. The fourth-order valence-electron chi connectivity index (χ4n) is 3.51. The Morgan fingerprint density at radius 2 is 1.54 bits per heavy atom. The normalized spacial score (nSPS) is 24.3. The highest BCUT2D eigenvalue weighted by Crippen LogP contribution is 2.26. The van der Waals surface area contributed by atoms with Crippen molar-refractivity contribution in [3.8, 4) is 0 Å². The molecule has 24 heavy (non-hydrogen) atoms. The lowest BCUT2D eigenvalue weighted by atomic mass is 10.1. The number of nitrogens with zero attached hydrogens (tertiary/aromatic N) is 2. The van der Waals surface area contributed by atoms with Gasteiger partial charge in [-0.15, -0.1) is 0 Å². The Kier molecular flexibility index (Phi) is 5.72. The van der Waals surface area contributed by atoms with E-state index < -0.39 is 11.6 Å². The lowest BCUT2D eigenvalue weighted by molar-refractivity contribution is -0.140. The second-order valence-electron chi connectivity index (χ2n) is 7.65. The minimum absolute atomic E-state index is 0.00775. The van der Waals surface area contributed by atoms with Crippen molar-refractivity contribution in [2.24, 2.45) is 0 Å². The first kappa shape index (κ1) is 18.5. The molecule has 2 aliphatic rings. The first-order valence-electron chi connectivity index (χ1n) is 8.68. The van der Waals surface area contributed by atoms with Gasteiger partial charge in [-0.2, -0.15) is 0 Å². The zero-order valence-corrected chi connectivity index (χ0v) is 14.8. The molecule has 0 unspecified atom stereocenters. The molecule has 7 heteroatoms. The maximum absolute atomic E-state index is 12.6. The number of hydrogen-bond donors (Lipinski definition) is 1. The number of carbonyl (C=O) groups is 3. The molecule has 2 saturated heterocycles. The van der Waals surface area contributed by atoms with Gasteiger partial charge in [-0.25, -0.2) is 4.79 Å². The van der Waals surface area contributed by atoms with Gasteiger partial charge in [0.1, 0.15) is 5.60 Å². The largest absolute Gasteiger partial charge is 0.481 e. The van der Waals surface area contributed by atoms with E-state index in [2.05, 4.69) is 0 Å². The number of carboxylic acids is 1. The van der Waals surface area contributed by atoms with Gasteiger partial charge in [-0.1, -0.05) is 0 Å². The summed E-state index contributed by atoms with van der Waals surface area (Å²) in [6, 6.07) is -0.371. The third-order valence-corrected chi connectivity index (χ3v) is 4.52. The van der Waals surface area contributed by atoms with Crippen molar-refractivity contribution in [1.29, 1.82) is 0 Å². The molecule has 136 valence electrons. The number of aliphatic carboxylic acids is 1. The van der Waals surface area contributed by atoms with Gasteiger partial charge in [0, 0.05) is 31.6 Å². The summed E-state index contributed by atoms with van der Waals surface area (Å²) in [5, 5.41) is 8.97. The number of carbonyl (C=O) groups excluding carboxylic acids is 2. The van der Waals surface area contributed by atoms with Crippen LogP contribution in [0.25, 0.3) is 0 Å². The van der Waals surface area contributed by atoms with E-state index in [1.54, 1.807) is 9.80 Å². The van der Waals surface area contributed by atoms with Gasteiger partial charge in [0.15, 0.2) is 0 Å². The highest BCUT2D eigenvalue weighted by molar-refractivity contribution is 5.79. The van der Waals surface area contributed by atoms with Gasteiger partial charge in [-0.05, 0) is 46.5 Å². The van der Waals surface area contributed by atoms with Crippen LogP contribution in [0.15, 0.2) is 0 Å². The van der Waals surface area contributed by atoms with Crippen LogP contribution in [0.5, 0.6) is 0 Å². The molecule has 0 aromatic rings. The average Bonchev–Trinajstić information content (AvgIpc) is 3.04. The molecule has 0 bridgehead atoms. The van der Waals surface area contributed by atoms with E-state index in [1.165, 1.54) is 0 Å². The van der Waals surface area contributed by atoms with E-state index in [0.29, 0.717) is 13.1 Å². The number of amides is 2. The quantitative estimate of drug-likeness (QED) is 0.848. The molecule has 1 N–H and O–H groups in total. The van der Waals surface area contributed by atoms with Gasteiger partial charge < -0.3 is 19.6 Å². The van der Waals surface area contributed by atoms with Crippen molar-refractivity contribution >= 4 is 18.0 Å². The first-order chi connectivity index (χ1) is 11.2. The molecule has 2 amide bonds. The Morgan fingerprint density at radius 1 is 1.00 bits per heavy atom. The Morgan fingerprint density at radius 3 is 2.08 bits per heavy atom. The lowest BCUT2D eigenvalue weighted by Crippen LogP contribution is -2.44. The monoisotopic (exact) mass is 340 g/mol. The average molecular weight is 340 g/mol. The molecule has 0 radical (unpaired) electrons. The minimum Gasteiger partial charge on any atom is -0.481 e. The first-order valence-corrected chi connectivity index (χ1v) is 8.68. The van der Waals surface area contributed by atoms with Gasteiger partial charge in [0.2, 0.25) is 5.91 Å². The Balaban J connectivity index is 1.94. The summed E-state index contributed by atoms with van der Waals surface area (Å²) in [6.07, 6.45) is 3.07. The molecule has 2 atom stereocenters. The number of hydrogen-bond acceptors (Lipinski definition) is 4. The van der Waals surface area contributed by atoms with E-state index in [4.69, 9.17) is 9.84 Å². The molecule has 2 rings (SSSR count). The van der Waals surface area contributed by atoms with Crippen LogP contribution < -0.4 is 0 Å². The molecule has 0 aromatic carbocycles. The number of carboxylic acid groups (broad SMARTS) is 1. The highest BCUT2D eigenvalue weighted by atomic mass is 16.6. The van der Waals surface area contributed by atoms with Crippen molar-refractivity contribution in [2.75, 3.05) is 13.1 Å². The van der Waals surface area contributed by atoms with Crippen LogP contribution in [0.3, 0.4) is 0 Å². The number of rotatable bonds is 4. The predicted octanol–water partition coefficient (Wildman–Crippen LogP) is 2.24. The zero-order chi connectivity index (χ0) is 17.9. The Hall–Kier alpha value is -1.79. The smallest absolute Gasteiger partial charge is 0.410 e. The third kappa shape index (κ3) is 4.85. The van der Waals surface area contributed by atoms with Gasteiger partial charge in [0.25, 0.3) is 0 Å². The molecule has 7 nitrogen and oxygen atoms in total. The summed E-state index contributed by atoms with van der Waals surface area (Å²) in [5.74, 6) is -0.935. The molecule has 2 fully saturated rings. The van der Waals surface area contributed by atoms with E-state index in [1.807, 2.05) is 20.8 Å². The van der Waals surface area contributed by atoms with Gasteiger partial charge in [-0.3, -0.25) is 9.59 Å². The van der Waals surface area contributed by atoms with E-state index in [0.717, 1.165) is 25.7 Å². The van der Waals surface area contributed by atoms with Crippen molar-refractivity contribution in [2.45, 2.75) is 77.0 Å². The van der Waals surface area contributed by atoms with Crippen LogP contribution >= 0.6 is 0 Å². The summed E-state index contributed by atoms with van der Waals surface area (Å²) in [7, 11) is 0. The summed E-state index contributed by atoms with van der Waals surface area (Å²) in [6.45, 7) is 6.67. The van der Waals surface area contributed by atoms with Crippen molar-refractivity contribution < 1.29 is 24.2 Å². The molecular weight excluding hydrogens is 312 g/mol. The fraction of sp³-hybridized carbons (Fsp3) is 0.824. The number of likely N-dealkylation sites (tertiary alicyclic amines) is 2. The SMILES string of the molecule is CC(C)(C)OC(=O)N1CCC[C@H]1CC(=O)N1CCC[C@@H]1CC(=O)O. The molecule has 2 heterocycles. The van der Waals surface area contributed by atoms with Crippen molar-refractivity contribution in [1.82, 2.24) is 9.80 Å². The summed E-state index contributed by atoms with van der Waals surface area (Å²) in [4.78, 5) is 39.1. The van der Waals surface area contributed by atoms with Crippen LogP contribution in [0.2, 0.25) is 0 Å². The molecule has 0 saturated carbocycles. The van der Waals surface area contributed by atoms with E-state index >= 15 is 0 Å². The maximum atomic E-state index is 12.6. The molecule has 0 aliphatic carbocycles.